The topological polar surface area (TPSA) is 73.5 Å². The van der Waals surface area contributed by atoms with Gasteiger partial charge in [-0.15, -0.1) is 11.8 Å². The first-order valence-corrected chi connectivity index (χ1v) is 12.2. The van der Waals surface area contributed by atoms with E-state index in [1.807, 2.05) is 48.5 Å². The summed E-state index contributed by atoms with van der Waals surface area (Å²) >= 11 is 1.58. The number of fused-ring (bicyclic) bond motifs is 1. The minimum Gasteiger partial charge on any atom is -0.352 e. The lowest BCUT2D eigenvalue weighted by Crippen LogP contribution is -2.69. The van der Waals surface area contributed by atoms with Gasteiger partial charge in [-0.25, -0.2) is 0 Å². The fourth-order valence-corrected chi connectivity index (χ4v) is 5.89. The van der Waals surface area contributed by atoms with E-state index in [0.29, 0.717) is 13.1 Å². The number of hydrogen-bond acceptors (Lipinski definition) is 5. The van der Waals surface area contributed by atoms with Crippen molar-refractivity contribution < 1.29 is 9.59 Å². The average Bonchev–Trinajstić information content (AvgIpc) is 3.28. The number of nitrogens with one attached hydrogen (secondary N) is 3. The Labute approximate surface area is 192 Å². The Morgan fingerprint density at radius 3 is 2.62 bits per heavy atom. The van der Waals surface area contributed by atoms with Crippen molar-refractivity contribution in [2.75, 3.05) is 13.1 Å². The first kappa shape index (κ1) is 21.2. The molecular weight excluding hydrogens is 420 g/mol. The molecule has 2 amide bonds. The van der Waals surface area contributed by atoms with E-state index in [1.165, 1.54) is 0 Å². The third-order valence-corrected chi connectivity index (χ3v) is 7.63. The monoisotopic (exact) mass is 448 g/mol. The molecule has 5 rings (SSSR count). The number of benzene rings is 2. The molecule has 2 aromatic rings. The van der Waals surface area contributed by atoms with Gasteiger partial charge >= 0.3 is 0 Å². The normalized spacial score (nSPS) is 27.9. The van der Waals surface area contributed by atoms with Crippen molar-refractivity contribution in [1.29, 1.82) is 0 Å². The minimum absolute atomic E-state index is 0.0339. The predicted molar refractivity (Wildman–Crippen MR) is 127 cm³/mol. The van der Waals surface area contributed by atoms with Crippen LogP contribution in [0.1, 0.15) is 24.0 Å². The Kier molecular flexibility index (Phi) is 6.30. The van der Waals surface area contributed by atoms with Crippen molar-refractivity contribution in [3.8, 4) is 0 Å². The van der Waals surface area contributed by atoms with Crippen LogP contribution >= 0.6 is 11.8 Å². The average molecular weight is 449 g/mol. The number of amides is 2. The molecule has 166 valence electrons. The van der Waals surface area contributed by atoms with Crippen LogP contribution in [0.15, 0.2) is 66.1 Å². The Morgan fingerprint density at radius 2 is 1.84 bits per heavy atom. The van der Waals surface area contributed by atoms with Crippen LogP contribution in [0.2, 0.25) is 0 Å². The van der Waals surface area contributed by atoms with E-state index < -0.39 is 0 Å². The first-order valence-electron chi connectivity index (χ1n) is 11.2. The highest BCUT2D eigenvalue weighted by Crippen LogP contribution is 2.38. The highest BCUT2D eigenvalue weighted by molar-refractivity contribution is 8.04. The van der Waals surface area contributed by atoms with Crippen molar-refractivity contribution in [2.45, 2.75) is 37.0 Å². The number of rotatable bonds is 5. The fraction of sp³-hybridized carbons (Fsp3) is 0.360. The van der Waals surface area contributed by atoms with Gasteiger partial charge < -0.3 is 10.6 Å². The van der Waals surface area contributed by atoms with Gasteiger partial charge in [-0.05, 0) is 34.9 Å². The summed E-state index contributed by atoms with van der Waals surface area (Å²) in [6, 6.07) is 20.2. The summed E-state index contributed by atoms with van der Waals surface area (Å²) in [6.45, 7) is 2.03. The Morgan fingerprint density at radius 1 is 1.09 bits per heavy atom. The van der Waals surface area contributed by atoms with Gasteiger partial charge in [-0.3, -0.25) is 19.8 Å². The number of thioether (sulfide) groups is 1. The van der Waals surface area contributed by atoms with Crippen LogP contribution in [-0.2, 0) is 16.1 Å². The lowest BCUT2D eigenvalue weighted by Gasteiger charge is -2.43. The lowest BCUT2D eigenvalue weighted by molar-refractivity contribution is -0.129. The highest BCUT2D eigenvalue weighted by atomic mass is 32.2. The summed E-state index contributed by atoms with van der Waals surface area (Å²) in [4.78, 5) is 27.9. The molecule has 0 aliphatic carbocycles. The minimum atomic E-state index is -0.265. The molecule has 0 aromatic heterocycles. The molecule has 4 unspecified atom stereocenters. The number of likely N-dealkylation sites (tertiary alicyclic amines) is 1. The number of carbonyl (C=O) groups is 2. The molecule has 6 nitrogen and oxygen atoms in total. The van der Waals surface area contributed by atoms with Crippen LogP contribution in [0, 0.1) is 5.92 Å². The molecule has 0 spiro atoms. The molecule has 32 heavy (non-hydrogen) atoms. The molecule has 3 aliphatic rings. The maximum absolute atomic E-state index is 12.9. The summed E-state index contributed by atoms with van der Waals surface area (Å²) in [5, 5.41) is 11.8. The van der Waals surface area contributed by atoms with Crippen LogP contribution < -0.4 is 16.0 Å². The predicted octanol–water partition coefficient (Wildman–Crippen LogP) is 2.54. The summed E-state index contributed by atoms with van der Waals surface area (Å²) in [7, 11) is 0. The maximum Gasteiger partial charge on any atom is 0.237 e. The molecule has 4 atom stereocenters. The van der Waals surface area contributed by atoms with Crippen molar-refractivity contribution in [3.63, 3.8) is 0 Å². The number of hydrogen-bond donors (Lipinski definition) is 3. The van der Waals surface area contributed by atoms with Gasteiger partial charge in [0.25, 0.3) is 0 Å². The second kappa shape index (κ2) is 9.48. The van der Waals surface area contributed by atoms with Crippen LogP contribution in [0.25, 0.3) is 5.57 Å². The van der Waals surface area contributed by atoms with Crippen molar-refractivity contribution in [1.82, 2.24) is 20.9 Å². The van der Waals surface area contributed by atoms with Crippen LogP contribution in [0.5, 0.6) is 0 Å². The standard InChI is InChI=1S/C25H28N4O2S/c30-23(26-14-17-8-3-1-4-9-17)19-12-7-13-29(15-19)25-27-21-20(18-10-5-2-6-11-18)16-32-22(21)24(31)28-25/h1-6,8-11,16,19,21-22,25,27H,7,12-15H2,(H,26,30)(H,28,31). The van der Waals surface area contributed by atoms with Gasteiger partial charge in [0.2, 0.25) is 11.8 Å². The zero-order valence-electron chi connectivity index (χ0n) is 17.9. The molecule has 2 aromatic carbocycles. The number of piperidine rings is 1. The van der Waals surface area contributed by atoms with Crippen LogP contribution in [0.4, 0.5) is 0 Å². The van der Waals surface area contributed by atoms with Crippen LogP contribution in [-0.4, -0.2) is 47.4 Å². The Hall–Kier alpha value is -2.61. The second-order valence-corrected chi connectivity index (χ2v) is 9.60. The van der Waals surface area contributed by atoms with Gasteiger partial charge in [0.15, 0.2) is 0 Å². The fourth-order valence-electron chi connectivity index (χ4n) is 4.74. The van der Waals surface area contributed by atoms with Gasteiger partial charge in [-0.2, -0.15) is 0 Å². The smallest absolute Gasteiger partial charge is 0.237 e. The van der Waals surface area contributed by atoms with Gasteiger partial charge in [0, 0.05) is 19.6 Å². The summed E-state index contributed by atoms with van der Waals surface area (Å²) in [6.07, 6.45) is 1.54. The molecule has 3 aliphatic heterocycles. The quantitative estimate of drug-likeness (QED) is 0.656. The van der Waals surface area contributed by atoms with E-state index >= 15 is 0 Å². The first-order chi connectivity index (χ1) is 15.7. The van der Waals surface area contributed by atoms with E-state index in [2.05, 4.69) is 38.4 Å². The SMILES string of the molecule is O=C(NCc1ccccc1)C1CCCN(C2NC(=O)C3SC=C(c4ccccc4)C3N2)C1. The van der Waals surface area contributed by atoms with E-state index in [0.717, 1.165) is 36.1 Å². The third-order valence-electron chi connectivity index (χ3n) is 6.46. The highest BCUT2D eigenvalue weighted by Gasteiger charge is 2.44. The van der Waals surface area contributed by atoms with E-state index in [1.54, 1.807) is 11.8 Å². The molecule has 3 N–H and O–H groups in total. The van der Waals surface area contributed by atoms with E-state index in [4.69, 9.17) is 0 Å². The molecule has 0 bridgehead atoms. The molecule has 2 fully saturated rings. The molecule has 7 heteroatoms. The zero-order valence-corrected chi connectivity index (χ0v) is 18.7. The van der Waals surface area contributed by atoms with Gasteiger partial charge in [0.05, 0.1) is 12.0 Å². The lowest BCUT2D eigenvalue weighted by atomic mass is 9.94. The molecule has 3 heterocycles. The van der Waals surface area contributed by atoms with E-state index in [9.17, 15) is 9.59 Å². The van der Waals surface area contributed by atoms with Crippen molar-refractivity contribution in [2.24, 2.45) is 5.92 Å². The van der Waals surface area contributed by atoms with Gasteiger partial charge in [-0.1, -0.05) is 60.7 Å². The second-order valence-electron chi connectivity index (χ2n) is 8.59. The molecule has 0 saturated carbocycles. The molecular formula is C25H28N4O2S. The summed E-state index contributed by atoms with van der Waals surface area (Å²) in [5.74, 6) is 0.0624. The maximum atomic E-state index is 12.9. The Bertz CT molecular complexity index is 998. The van der Waals surface area contributed by atoms with Crippen LogP contribution in [0.3, 0.4) is 0 Å². The van der Waals surface area contributed by atoms with Crippen molar-refractivity contribution >= 4 is 29.1 Å². The Balaban J connectivity index is 1.23. The van der Waals surface area contributed by atoms with E-state index in [-0.39, 0.29) is 35.3 Å². The third kappa shape index (κ3) is 4.46. The zero-order chi connectivity index (χ0) is 21.9. The van der Waals surface area contributed by atoms with Crippen molar-refractivity contribution in [3.05, 3.63) is 77.2 Å². The summed E-state index contributed by atoms with van der Waals surface area (Å²) < 4.78 is 0. The van der Waals surface area contributed by atoms with Gasteiger partial charge in [0.1, 0.15) is 11.5 Å². The largest absolute Gasteiger partial charge is 0.352 e. The number of carbonyl (C=O) groups excluding carboxylic acids is 2. The molecule has 0 radical (unpaired) electrons. The number of nitrogens with zero attached hydrogens (tertiary/aromatic N) is 1. The summed E-state index contributed by atoms with van der Waals surface area (Å²) in [5.41, 5.74) is 3.40. The molecule has 2 saturated heterocycles.